The molecule has 1 fully saturated rings. The summed E-state index contributed by atoms with van der Waals surface area (Å²) in [4.78, 5) is 23.3. The smallest absolute Gasteiger partial charge is 0.273 e. The maximum absolute atomic E-state index is 14.1. The van der Waals surface area contributed by atoms with Gasteiger partial charge in [-0.15, -0.1) is 0 Å². The fourth-order valence-corrected chi connectivity index (χ4v) is 4.70. The van der Waals surface area contributed by atoms with Crippen molar-refractivity contribution in [3.8, 4) is 10.6 Å². The molecule has 1 aliphatic heterocycles. The van der Waals surface area contributed by atoms with E-state index in [0.717, 1.165) is 62.2 Å². The first-order chi connectivity index (χ1) is 15.4. The number of aromatic nitrogens is 1. The van der Waals surface area contributed by atoms with Crippen molar-refractivity contribution < 1.29 is 13.6 Å². The number of amidine groups is 1. The molecule has 1 amide bonds. The number of halogens is 2. The SMILES string of the molecule is CN=C(C(C=N)NC(=O)c1nc(-c2c(F)cccc2F)sc1N)N1CCC(CNC)CC1. The van der Waals surface area contributed by atoms with Gasteiger partial charge in [-0.25, -0.2) is 13.8 Å². The zero-order chi connectivity index (χ0) is 23.3. The standard InChI is InChI=1S/C21H27F2N7OS/c1-26-11-12-6-8-30(9-7-12)19(27-2)15(10-24)28-20(31)17-18(25)32-21(29-17)16-13(22)4-3-5-14(16)23/h3-5,10,12,15,24,26H,6-9,11,25H2,1-2H3,(H,28,31). The van der Waals surface area contributed by atoms with Gasteiger partial charge >= 0.3 is 0 Å². The van der Waals surface area contributed by atoms with Gasteiger partial charge in [0, 0.05) is 26.4 Å². The molecule has 11 heteroatoms. The predicted octanol–water partition coefficient (Wildman–Crippen LogP) is 2.38. The number of likely N-dealkylation sites (tertiary alicyclic amines) is 1. The number of nitrogens with one attached hydrogen (secondary N) is 3. The second kappa shape index (κ2) is 10.6. The largest absolute Gasteiger partial charge is 0.389 e. The highest BCUT2D eigenvalue weighted by molar-refractivity contribution is 7.19. The Balaban J connectivity index is 1.75. The summed E-state index contributed by atoms with van der Waals surface area (Å²) in [6.45, 7) is 2.49. The third-order valence-electron chi connectivity index (χ3n) is 5.44. The molecule has 0 radical (unpaired) electrons. The van der Waals surface area contributed by atoms with Crippen LogP contribution in [0.5, 0.6) is 0 Å². The number of carbonyl (C=O) groups excluding carboxylic acids is 1. The Bertz CT molecular complexity index is 982. The van der Waals surface area contributed by atoms with Gasteiger partial charge in [-0.05, 0) is 44.5 Å². The third kappa shape index (κ3) is 5.10. The van der Waals surface area contributed by atoms with Crippen LogP contribution in [0.1, 0.15) is 23.3 Å². The molecule has 0 aliphatic carbocycles. The number of carbonyl (C=O) groups is 1. The van der Waals surface area contributed by atoms with E-state index in [1.165, 1.54) is 6.07 Å². The van der Waals surface area contributed by atoms with Crippen LogP contribution in [0.2, 0.25) is 0 Å². The summed E-state index contributed by atoms with van der Waals surface area (Å²) in [5.41, 5.74) is 5.48. The van der Waals surface area contributed by atoms with Crippen molar-refractivity contribution in [3.63, 3.8) is 0 Å². The topological polar surface area (TPSA) is 119 Å². The third-order valence-corrected chi connectivity index (χ3v) is 6.34. The number of benzene rings is 1. The van der Waals surface area contributed by atoms with Gasteiger partial charge in [0.2, 0.25) is 0 Å². The molecule has 0 bridgehead atoms. The minimum absolute atomic E-state index is 0.0226. The summed E-state index contributed by atoms with van der Waals surface area (Å²) in [5, 5.41) is 13.7. The van der Waals surface area contributed by atoms with Gasteiger partial charge in [0.15, 0.2) is 5.69 Å². The molecule has 3 rings (SSSR count). The Hall–Kier alpha value is -2.92. The summed E-state index contributed by atoms with van der Waals surface area (Å²) in [6.07, 6.45) is 3.06. The van der Waals surface area contributed by atoms with Crippen molar-refractivity contribution in [2.75, 3.05) is 39.5 Å². The normalized spacial score (nSPS) is 16.1. The van der Waals surface area contributed by atoms with E-state index < -0.39 is 23.6 Å². The molecule has 0 saturated carbocycles. The van der Waals surface area contributed by atoms with E-state index in [-0.39, 0.29) is 21.3 Å². The summed E-state index contributed by atoms with van der Waals surface area (Å²) < 4.78 is 28.2. The number of nitrogen functional groups attached to an aromatic ring is 1. The molecule has 2 heterocycles. The van der Waals surface area contributed by atoms with E-state index in [4.69, 9.17) is 11.1 Å². The second-order valence-corrected chi connectivity index (χ2v) is 8.55. The van der Waals surface area contributed by atoms with Gasteiger partial charge in [-0.2, -0.15) is 0 Å². The predicted molar refractivity (Wildman–Crippen MR) is 123 cm³/mol. The lowest BCUT2D eigenvalue weighted by atomic mass is 9.96. The monoisotopic (exact) mass is 463 g/mol. The summed E-state index contributed by atoms with van der Waals surface area (Å²) in [5.74, 6) is -1.06. The molecule has 1 aromatic heterocycles. The average Bonchev–Trinajstić information content (AvgIpc) is 3.15. The molecule has 1 atom stereocenters. The highest BCUT2D eigenvalue weighted by Gasteiger charge is 2.28. The number of aliphatic imine (C=N–C) groups is 1. The van der Waals surface area contributed by atoms with Crippen LogP contribution >= 0.6 is 11.3 Å². The van der Waals surface area contributed by atoms with Crippen molar-refractivity contribution in [1.29, 1.82) is 5.41 Å². The fraction of sp³-hybridized carbons (Fsp3) is 0.429. The number of anilines is 1. The molecule has 32 heavy (non-hydrogen) atoms. The lowest BCUT2D eigenvalue weighted by Crippen LogP contribution is -2.52. The second-order valence-electron chi connectivity index (χ2n) is 7.52. The molecule has 1 aliphatic rings. The molecule has 8 nitrogen and oxygen atoms in total. The van der Waals surface area contributed by atoms with Crippen LogP contribution in [0.4, 0.5) is 13.8 Å². The molecular weight excluding hydrogens is 436 g/mol. The maximum atomic E-state index is 14.1. The van der Waals surface area contributed by atoms with Crippen LogP contribution in [0.15, 0.2) is 23.2 Å². The number of nitrogens with two attached hydrogens (primary N) is 1. The highest BCUT2D eigenvalue weighted by atomic mass is 32.1. The quantitative estimate of drug-likeness (QED) is 0.371. The number of amides is 1. The van der Waals surface area contributed by atoms with Crippen LogP contribution < -0.4 is 16.4 Å². The number of piperidine rings is 1. The number of nitrogens with zero attached hydrogens (tertiary/aromatic N) is 3. The Morgan fingerprint density at radius 3 is 2.62 bits per heavy atom. The van der Waals surface area contributed by atoms with Crippen LogP contribution in [0, 0.1) is 23.0 Å². The lowest BCUT2D eigenvalue weighted by molar-refractivity contribution is 0.0949. The van der Waals surface area contributed by atoms with E-state index >= 15 is 0 Å². The van der Waals surface area contributed by atoms with Crippen LogP contribution in [-0.2, 0) is 0 Å². The van der Waals surface area contributed by atoms with E-state index in [9.17, 15) is 13.6 Å². The van der Waals surface area contributed by atoms with Crippen LogP contribution in [0.25, 0.3) is 10.6 Å². The van der Waals surface area contributed by atoms with E-state index in [1.54, 1.807) is 7.05 Å². The van der Waals surface area contributed by atoms with Crippen molar-refractivity contribution in [2.45, 2.75) is 18.9 Å². The molecular formula is C21H27F2N7OS. The molecule has 5 N–H and O–H groups in total. The highest BCUT2D eigenvalue weighted by Crippen LogP contribution is 2.33. The minimum Gasteiger partial charge on any atom is -0.389 e. The van der Waals surface area contributed by atoms with Crippen molar-refractivity contribution in [3.05, 3.63) is 35.5 Å². The molecule has 0 spiro atoms. The minimum atomic E-state index is -0.787. The van der Waals surface area contributed by atoms with Crippen LogP contribution in [-0.4, -0.2) is 67.6 Å². The van der Waals surface area contributed by atoms with Crippen molar-refractivity contribution in [2.24, 2.45) is 10.9 Å². The Kier molecular flexibility index (Phi) is 7.86. The summed E-state index contributed by atoms with van der Waals surface area (Å²) >= 11 is 0.828. The zero-order valence-corrected chi connectivity index (χ0v) is 18.8. The van der Waals surface area contributed by atoms with Gasteiger partial charge < -0.3 is 26.7 Å². The maximum Gasteiger partial charge on any atom is 0.273 e. The van der Waals surface area contributed by atoms with Gasteiger partial charge in [0.25, 0.3) is 5.91 Å². The Morgan fingerprint density at radius 2 is 2.06 bits per heavy atom. The average molecular weight is 464 g/mol. The molecule has 172 valence electrons. The molecule has 1 aromatic carbocycles. The summed E-state index contributed by atoms with van der Waals surface area (Å²) in [6, 6.07) is 2.71. The fourth-order valence-electron chi connectivity index (χ4n) is 3.83. The molecule has 2 aromatic rings. The van der Waals surface area contributed by atoms with Gasteiger partial charge in [0.05, 0.1) is 5.56 Å². The first kappa shape index (κ1) is 23.7. The van der Waals surface area contributed by atoms with E-state index in [1.807, 2.05) is 7.05 Å². The van der Waals surface area contributed by atoms with E-state index in [0.29, 0.717) is 11.8 Å². The first-order valence-corrected chi connectivity index (χ1v) is 11.1. The lowest BCUT2D eigenvalue weighted by Gasteiger charge is -2.36. The molecule has 1 unspecified atom stereocenters. The number of rotatable bonds is 7. The Labute approximate surface area is 189 Å². The van der Waals surface area contributed by atoms with Crippen molar-refractivity contribution in [1.82, 2.24) is 20.5 Å². The number of hydrogen-bond donors (Lipinski definition) is 4. The zero-order valence-electron chi connectivity index (χ0n) is 18.0. The van der Waals surface area contributed by atoms with Crippen molar-refractivity contribution >= 4 is 34.3 Å². The van der Waals surface area contributed by atoms with E-state index in [2.05, 4.69) is 25.5 Å². The summed E-state index contributed by atoms with van der Waals surface area (Å²) in [7, 11) is 3.55. The molecule has 1 saturated heterocycles. The van der Waals surface area contributed by atoms with Gasteiger partial charge in [-0.1, -0.05) is 17.4 Å². The Morgan fingerprint density at radius 1 is 1.41 bits per heavy atom. The number of hydrogen-bond acceptors (Lipinski definition) is 7. The van der Waals surface area contributed by atoms with Gasteiger partial charge in [0.1, 0.15) is 33.5 Å². The first-order valence-electron chi connectivity index (χ1n) is 10.3. The van der Waals surface area contributed by atoms with Gasteiger partial charge in [-0.3, -0.25) is 9.79 Å². The van der Waals surface area contributed by atoms with Crippen LogP contribution in [0.3, 0.4) is 0 Å². The number of thiazole rings is 1.